The Morgan fingerprint density at radius 2 is 2.00 bits per heavy atom. The summed E-state index contributed by atoms with van der Waals surface area (Å²) in [6.07, 6.45) is 1.26. The van der Waals surface area contributed by atoms with Crippen LogP contribution in [0.3, 0.4) is 0 Å². The summed E-state index contributed by atoms with van der Waals surface area (Å²) < 4.78 is 14.3. The molecule has 0 amide bonds. The summed E-state index contributed by atoms with van der Waals surface area (Å²) in [5, 5.41) is 0. The largest absolute Gasteiger partial charge is 0.311 e. The zero-order chi connectivity index (χ0) is 11.3. The summed E-state index contributed by atoms with van der Waals surface area (Å²) in [5.41, 5.74) is -0.149. The van der Waals surface area contributed by atoms with Crippen LogP contribution >= 0.6 is 0 Å². The third-order valence-electron chi connectivity index (χ3n) is 2.50. The Kier molecular flexibility index (Phi) is 4.49. The second-order valence-corrected chi connectivity index (χ2v) is 3.41. The molecule has 0 bridgehead atoms. The molecule has 0 atom stereocenters. The van der Waals surface area contributed by atoms with E-state index in [-0.39, 0.29) is 11.4 Å². The molecule has 1 heterocycles. The fourth-order valence-electron chi connectivity index (χ4n) is 1.47. The van der Waals surface area contributed by atoms with Crippen LogP contribution < -0.4 is 5.56 Å². The van der Waals surface area contributed by atoms with E-state index in [1.54, 1.807) is 0 Å². The highest BCUT2D eigenvalue weighted by atomic mass is 19.1. The molecule has 84 valence electrons. The van der Waals surface area contributed by atoms with Crippen LogP contribution in [-0.4, -0.2) is 29.1 Å². The first-order chi connectivity index (χ1) is 7.17. The smallest absolute Gasteiger partial charge is 0.250 e. The molecular formula is C11H17FN2O. The van der Waals surface area contributed by atoms with Gasteiger partial charge in [0.25, 0.3) is 5.56 Å². The van der Waals surface area contributed by atoms with E-state index in [9.17, 15) is 9.18 Å². The second kappa shape index (κ2) is 5.66. The summed E-state index contributed by atoms with van der Waals surface area (Å²) in [4.78, 5) is 13.5. The minimum atomic E-state index is -0.367. The topological polar surface area (TPSA) is 25.2 Å². The van der Waals surface area contributed by atoms with Crippen molar-refractivity contribution in [2.75, 3.05) is 19.6 Å². The summed E-state index contributed by atoms with van der Waals surface area (Å²) >= 11 is 0. The molecule has 15 heavy (non-hydrogen) atoms. The SMILES string of the molecule is CCN(CC)CCn1cc(F)ccc1=O. The summed E-state index contributed by atoms with van der Waals surface area (Å²) in [7, 11) is 0. The summed E-state index contributed by atoms with van der Waals surface area (Å²) in [5.74, 6) is -0.367. The third-order valence-corrected chi connectivity index (χ3v) is 2.50. The molecule has 0 radical (unpaired) electrons. The van der Waals surface area contributed by atoms with Crippen molar-refractivity contribution in [3.05, 3.63) is 34.5 Å². The van der Waals surface area contributed by atoms with Crippen molar-refractivity contribution in [1.82, 2.24) is 9.47 Å². The van der Waals surface area contributed by atoms with E-state index >= 15 is 0 Å². The molecule has 1 aromatic heterocycles. The molecular weight excluding hydrogens is 195 g/mol. The van der Waals surface area contributed by atoms with Crippen molar-refractivity contribution >= 4 is 0 Å². The molecule has 1 aromatic rings. The van der Waals surface area contributed by atoms with Crippen LogP contribution in [0.2, 0.25) is 0 Å². The van der Waals surface area contributed by atoms with Crippen LogP contribution in [0.4, 0.5) is 4.39 Å². The molecule has 0 aliphatic carbocycles. The van der Waals surface area contributed by atoms with Gasteiger partial charge in [-0.1, -0.05) is 13.8 Å². The van der Waals surface area contributed by atoms with E-state index < -0.39 is 0 Å². The number of halogens is 1. The minimum absolute atomic E-state index is 0.149. The maximum Gasteiger partial charge on any atom is 0.250 e. The van der Waals surface area contributed by atoms with Crippen molar-refractivity contribution in [3.8, 4) is 0 Å². The molecule has 0 aliphatic rings. The number of aromatic nitrogens is 1. The van der Waals surface area contributed by atoms with Crippen LogP contribution in [0.5, 0.6) is 0 Å². The van der Waals surface area contributed by atoms with Crippen molar-refractivity contribution < 1.29 is 4.39 Å². The van der Waals surface area contributed by atoms with Gasteiger partial charge < -0.3 is 9.47 Å². The first-order valence-corrected chi connectivity index (χ1v) is 5.25. The van der Waals surface area contributed by atoms with Crippen molar-refractivity contribution in [1.29, 1.82) is 0 Å². The molecule has 1 rings (SSSR count). The molecule has 0 unspecified atom stereocenters. The Labute approximate surface area is 89.1 Å². The monoisotopic (exact) mass is 212 g/mol. The molecule has 0 N–H and O–H groups in total. The van der Waals surface area contributed by atoms with E-state index in [2.05, 4.69) is 18.7 Å². The molecule has 0 spiro atoms. The summed E-state index contributed by atoms with van der Waals surface area (Å²) in [6, 6.07) is 2.45. The van der Waals surface area contributed by atoms with Crippen molar-refractivity contribution in [2.45, 2.75) is 20.4 Å². The van der Waals surface area contributed by atoms with Crippen molar-refractivity contribution in [2.24, 2.45) is 0 Å². The maximum atomic E-state index is 12.9. The lowest BCUT2D eigenvalue weighted by Crippen LogP contribution is -2.30. The Morgan fingerprint density at radius 1 is 1.33 bits per heavy atom. The predicted molar refractivity (Wildman–Crippen MR) is 58.4 cm³/mol. The number of rotatable bonds is 5. The van der Waals surface area contributed by atoms with E-state index in [4.69, 9.17) is 0 Å². The fraction of sp³-hybridized carbons (Fsp3) is 0.545. The van der Waals surface area contributed by atoms with Gasteiger partial charge >= 0.3 is 0 Å². The van der Waals surface area contributed by atoms with Gasteiger partial charge in [-0.2, -0.15) is 0 Å². The van der Waals surface area contributed by atoms with E-state index in [0.717, 1.165) is 19.6 Å². The minimum Gasteiger partial charge on any atom is -0.311 e. The standard InChI is InChI=1S/C11H17FN2O/c1-3-13(4-2)7-8-14-9-10(12)5-6-11(14)15/h5-6,9H,3-4,7-8H2,1-2H3. The molecule has 0 aromatic carbocycles. The second-order valence-electron chi connectivity index (χ2n) is 3.41. The lowest BCUT2D eigenvalue weighted by molar-refractivity contribution is 0.288. The first kappa shape index (κ1) is 11.9. The normalized spacial score (nSPS) is 10.9. The van der Waals surface area contributed by atoms with Gasteiger partial charge in [0.2, 0.25) is 0 Å². The highest BCUT2D eigenvalue weighted by molar-refractivity contribution is 4.96. The average molecular weight is 212 g/mol. The lowest BCUT2D eigenvalue weighted by atomic mass is 10.4. The average Bonchev–Trinajstić information content (AvgIpc) is 2.24. The van der Waals surface area contributed by atoms with Crippen LogP contribution in [0.25, 0.3) is 0 Å². The Balaban J connectivity index is 2.64. The number of hydrogen-bond acceptors (Lipinski definition) is 2. The molecule has 0 saturated heterocycles. The number of nitrogens with zero attached hydrogens (tertiary/aromatic N) is 2. The first-order valence-electron chi connectivity index (χ1n) is 5.25. The molecule has 0 fully saturated rings. The van der Waals surface area contributed by atoms with Crippen LogP contribution in [0.1, 0.15) is 13.8 Å². The molecule has 4 heteroatoms. The van der Waals surface area contributed by atoms with Gasteiger partial charge in [0, 0.05) is 25.4 Å². The fourth-order valence-corrected chi connectivity index (χ4v) is 1.47. The van der Waals surface area contributed by atoms with Gasteiger partial charge in [-0.25, -0.2) is 4.39 Å². The van der Waals surface area contributed by atoms with Gasteiger partial charge in [0.1, 0.15) is 5.82 Å². The molecule has 0 saturated carbocycles. The van der Waals surface area contributed by atoms with Gasteiger partial charge in [-0.3, -0.25) is 4.79 Å². The Hall–Kier alpha value is -1.16. The van der Waals surface area contributed by atoms with E-state index in [1.807, 2.05) is 0 Å². The van der Waals surface area contributed by atoms with Crippen LogP contribution in [0.15, 0.2) is 23.1 Å². The van der Waals surface area contributed by atoms with Crippen LogP contribution in [0, 0.1) is 5.82 Å². The Morgan fingerprint density at radius 3 is 2.60 bits per heavy atom. The molecule has 3 nitrogen and oxygen atoms in total. The van der Waals surface area contributed by atoms with Crippen LogP contribution in [-0.2, 0) is 6.54 Å². The lowest BCUT2D eigenvalue weighted by Gasteiger charge is -2.18. The summed E-state index contributed by atoms with van der Waals surface area (Å²) in [6.45, 7) is 7.34. The quantitative estimate of drug-likeness (QED) is 0.735. The highest BCUT2D eigenvalue weighted by Crippen LogP contribution is 1.93. The molecule has 0 aliphatic heterocycles. The number of likely N-dealkylation sites (N-methyl/N-ethyl adjacent to an activating group) is 1. The number of hydrogen-bond donors (Lipinski definition) is 0. The zero-order valence-electron chi connectivity index (χ0n) is 9.24. The van der Waals surface area contributed by atoms with E-state index in [0.29, 0.717) is 6.54 Å². The highest BCUT2D eigenvalue weighted by Gasteiger charge is 2.01. The zero-order valence-corrected chi connectivity index (χ0v) is 9.24. The number of pyridine rings is 1. The maximum absolute atomic E-state index is 12.9. The predicted octanol–water partition coefficient (Wildman–Crippen LogP) is 1.33. The third kappa shape index (κ3) is 3.47. The van der Waals surface area contributed by atoms with Gasteiger partial charge in [-0.15, -0.1) is 0 Å². The van der Waals surface area contributed by atoms with Gasteiger partial charge in [0.05, 0.1) is 0 Å². The van der Waals surface area contributed by atoms with E-state index in [1.165, 1.54) is 22.9 Å². The van der Waals surface area contributed by atoms with Gasteiger partial charge in [-0.05, 0) is 19.2 Å². The van der Waals surface area contributed by atoms with Crippen molar-refractivity contribution in [3.63, 3.8) is 0 Å². The Bertz CT molecular complexity index is 358. The van der Waals surface area contributed by atoms with Gasteiger partial charge in [0.15, 0.2) is 0 Å².